The van der Waals surface area contributed by atoms with E-state index in [2.05, 4.69) is 23.5 Å². The van der Waals surface area contributed by atoms with Gasteiger partial charge in [-0.1, -0.05) is 12.1 Å². The predicted molar refractivity (Wildman–Crippen MR) is 77.3 cm³/mol. The van der Waals surface area contributed by atoms with Crippen LogP contribution in [0.4, 0.5) is 5.69 Å². The van der Waals surface area contributed by atoms with Crippen LogP contribution in [0.3, 0.4) is 0 Å². The molecule has 3 nitrogen and oxygen atoms in total. The average molecular weight is 261 g/mol. The minimum atomic E-state index is -0.162. The van der Waals surface area contributed by atoms with Gasteiger partial charge in [-0.15, -0.1) is 0 Å². The molecule has 1 N–H and O–H groups in total. The van der Waals surface area contributed by atoms with Crippen molar-refractivity contribution < 1.29 is 9.53 Å². The molecule has 104 valence electrons. The summed E-state index contributed by atoms with van der Waals surface area (Å²) in [6.45, 7) is 3.93. The highest BCUT2D eigenvalue weighted by molar-refractivity contribution is 5.73. The van der Waals surface area contributed by atoms with Crippen molar-refractivity contribution in [2.24, 2.45) is 5.92 Å². The van der Waals surface area contributed by atoms with Gasteiger partial charge in [0.1, 0.15) is 0 Å². The van der Waals surface area contributed by atoms with Crippen LogP contribution in [0.1, 0.15) is 37.8 Å². The van der Waals surface area contributed by atoms with Gasteiger partial charge in [-0.3, -0.25) is 4.79 Å². The number of ether oxygens (including phenoxy) is 1. The molecule has 0 spiro atoms. The van der Waals surface area contributed by atoms with Crippen molar-refractivity contribution in [3.05, 3.63) is 29.3 Å². The van der Waals surface area contributed by atoms with E-state index in [-0.39, 0.29) is 17.9 Å². The number of methoxy groups -OCH3 is 1. The van der Waals surface area contributed by atoms with Gasteiger partial charge >= 0.3 is 5.97 Å². The highest BCUT2D eigenvalue weighted by Gasteiger charge is 2.22. The van der Waals surface area contributed by atoms with Gasteiger partial charge in [-0.25, -0.2) is 0 Å². The maximum absolute atomic E-state index is 11.6. The molecule has 0 fully saturated rings. The van der Waals surface area contributed by atoms with Crippen LogP contribution in [0.2, 0.25) is 0 Å². The number of aryl methyl sites for hydroxylation is 1. The van der Waals surface area contributed by atoms with Crippen molar-refractivity contribution in [1.82, 2.24) is 0 Å². The zero-order valence-electron chi connectivity index (χ0n) is 12.0. The van der Waals surface area contributed by atoms with E-state index in [1.807, 2.05) is 13.8 Å². The second-order valence-electron chi connectivity index (χ2n) is 5.40. The van der Waals surface area contributed by atoms with Gasteiger partial charge in [-0.05, 0) is 56.7 Å². The fourth-order valence-corrected chi connectivity index (χ4v) is 2.68. The molecule has 2 atom stereocenters. The number of hydrogen-bond donors (Lipinski definition) is 1. The molecule has 1 aliphatic rings. The SMILES string of the molecule is COC(=O)C(C)C(C)Nc1cccc2c1CCCC2. The molecule has 0 bridgehead atoms. The third-order valence-corrected chi connectivity index (χ3v) is 4.10. The highest BCUT2D eigenvalue weighted by Crippen LogP contribution is 2.28. The number of benzene rings is 1. The van der Waals surface area contributed by atoms with E-state index in [0.717, 1.165) is 6.42 Å². The van der Waals surface area contributed by atoms with Crippen molar-refractivity contribution in [3.63, 3.8) is 0 Å². The fourth-order valence-electron chi connectivity index (χ4n) is 2.68. The Morgan fingerprint density at radius 2 is 2.00 bits per heavy atom. The summed E-state index contributed by atoms with van der Waals surface area (Å²) in [4.78, 5) is 11.6. The minimum absolute atomic E-state index is 0.0703. The van der Waals surface area contributed by atoms with Crippen LogP contribution in [0.25, 0.3) is 0 Å². The highest BCUT2D eigenvalue weighted by atomic mass is 16.5. The summed E-state index contributed by atoms with van der Waals surface area (Å²) in [5.41, 5.74) is 4.06. The number of fused-ring (bicyclic) bond motifs is 1. The first kappa shape index (κ1) is 13.9. The molecule has 3 heteroatoms. The van der Waals surface area contributed by atoms with Crippen LogP contribution in [0, 0.1) is 5.92 Å². The van der Waals surface area contributed by atoms with E-state index >= 15 is 0 Å². The van der Waals surface area contributed by atoms with Gasteiger partial charge in [0.15, 0.2) is 0 Å². The molecule has 0 radical (unpaired) electrons. The van der Waals surface area contributed by atoms with Crippen molar-refractivity contribution >= 4 is 11.7 Å². The van der Waals surface area contributed by atoms with Crippen molar-refractivity contribution in [1.29, 1.82) is 0 Å². The summed E-state index contributed by atoms with van der Waals surface area (Å²) in [6.07, 6.45) is 4.85. The molecule has 2 rings (SSSR count). The van der Waals surface area contributed by atoms with E-state index in [1.54, 1.807) is 0 Å². The van der Waals surface area contributed by atoms with E-state index in [4.69, 9.17) is 4.74 Å². The van der Waals surface area contributed by atoms with E-state index < -0.39 is 0 Å². The average Bonchev–Trinajstić information content (AvgIpc) is 2.46. The summed E-state index contributed by atoms with van der Waals surface area (Å²) in [5, 5.41) is 3.48. The van der Waals surface area contributed by atoms with Gasteiger partial charge in [-0.2, -0.15) is 0 Å². The van der Waals surface area contributed by atoms with Gasteiger partial charge < -0.3 is 10.1 Å². The fraction of sp³-hybridized carbons (Fsp3) is 0.562. The number of anilines is 1. The van der Waals surface area contributed by atoms with Crippen LogP contribution < -0.4 is 5.32 Å². The Balaban J connectivity index is 2.13. The normalized spacial score (nSPS) is 17.2. The quantitative estimate of drug-likeness (QED) is 0.846. The van der Waals surface area contributed by atoms with E-state index in [0.29, 0.717) is 0 Å². The predicted octanol–water partition coefficient (Wildman–Crippen LogP) is 3.17. The van der Waals surface area contributed by atoms with Gasteiger partial charge in [0.25, 0.3) is 0 Å². The van der Waals surface area contributed by atoms with Crippen molar-refractivity contribution in [2.75, 3.05) is 12.4 Å². The standard InChI is InChI=1S/C16H23NO2/c1-11(16(18)19-3)12(2)17-15-10-6-8-13-7-4-5-9-14(13)15/h6,8,10-12,17H,4-5,7,9H2,1-3H3. The van der Waals surface area contributed by atoms with Gasteiger partial charge in [0.05, 0.1) is 13.0 Å². The maximum atomic E-state index is 11.6. The van der Waals surface area contributed by atoms with Crippen molar-refractivity contribution in [3.8, 4) is 0 Å². The first-order chi connectivity index (χ1) is 9.13. The molecule has 0 heterocycles. The topological polar surface area (TPSA) is 38.3 Å². The van der Waals surface area contributed by atoms with Crippen LogP contribution in [0.15, 0.2) is 18.2 Å². The van der Waals surface area contributed by atoms with Gasteiger partial charge in [0.2, 0.25) is 0 Å². The number of nitrogens with one attached hydrogen (secondary N) is 1. The molecule has 1 aromatic rings. The number of rotatable bonds is 4. The summed E-state index contributed by atoms with van der Waals surface area (Å²) in [7, 11) is 1.44. The summed E-state index contributed by atoms with van der Waals surface area (Å²) < 4.78 is 4.80. The number of hydrogen-bond acceptors (Lipinski definition) is 3. The smallest absolute Gasteiger partial charge is 0.310 e. The summed E-state index contributed by atoms with van der Waals surface area (Å²) in [6, 6.07) is 6.50. The Labute approximate surface area is 115 Å². The lowest BCUT2D eigenvalue weighted by Crippen LogP contribution is -2.31. The Kier molecular flexibility index (Phi) is 4.46. The molecule has 0 aromatic heterocycles. The lowest BCUT2D eigenvalue weighted by Gasteiger charge is -2.25. The minimum Gasteiger partial charge on any atom is -0.469 e. The van der Waals surface area contributed by atoms with E-state index in [9.17, 15) is 4.79 Å². The second-order valence-corrected chi connectivity index (χ2v) is 5.40. The van der Waals surface area contributed by atoms with Gasteiger partial charge in [0, 0.05) is 11.7 Å². The monoisotopic (exact) mass is 261 g/mol. The molecule has 1 aromatic carbocycles. The summed E-state index contributed by atoms with van der Waals surface area (Å²) >= 11 is 0. The Morgan fingerprint density at radius 3 is 2.74 bits per heavy atom. The molecular formula is C16H23NO2. The Hall–Kier alpha value is -1.51. The zero-order chi connectivity index (χ0) is 13.8. The molecule has 1 aliphatic carbocycles. The first-order valence-corrected chi connectivity index (χ1v) is 7.08. The van der Waals surface area contributed by atoms with Crippen LogP contribution in [-0.4, -0.2) is 19.1 Å². The molecule has 0 aliphatic heterocycles. The molecular weight excluding hydrogens is 238 g/mol. The third kappa shape index (κ3) is 3.09. The maximum Gasteiger partial charge on any atom is 0.310 e. The number of carbonyl (C=O) groups is 1. The zero-order valence-corrected chi connectivity index (χ0v) is 12.0. The largest absolute Gasteiger partial charge is 0.469 e. The first-order valence-electron chi connectivity index (χ1n) is 7.08. The second kappa shape index (κ2) is 6.09. The van der Waals surface area contributed by atoms with Crippen LogP contribution >= 0.6 is 0 Å². The van der Waals surface area contributed by atoms with Crippen molar-refractivity contribution in [2.45, 2.75) is 45.6 Å². The molecule has 0 saturated heterocycles. The van der Waals surface area contributed by atoms with Crippen LogP contribution in [0.5, 0.6) is 0 Å². The molecule has 0 saturated carbocycles. The lowest BCUT2D eigenvalue weighted by molar-refractivity contribution is -0.145. The molecule has 19 heavy (non-hydrogen) atoms. The number of carbonyl (C=O) groups excluding carboxylic acids is 1. The van der Waals surface area contributed by atoms with Crippen LogP contribution in [-0.2, 0) is 22.4 Å². The number of esters is 1. The van der Waals surface area contributed by atoms with E-state index in [1.165, 1.54) is 43.2 Å². The Morgan fingerprint density at radius 1 is 1.26 bits per heavy atom. The lowest BCUT2D eigenvalue weighted by atomic mass is 9.90. The third-order valence-electron chi connectivity index (χ3n) is 4.10. The molecule has 2 unspecified atom stereocenters. The molecule has 0 amide bonds. The summed E-state index contributed by atoms with van der Waals surface area (Å²) in [5.74, 6) is -0.311. The Bertz CT molecular complexity index is 456.